The Labute approximate surface area is 146 Å². The number of aryl methyl sites for hydroxylation is 1. The van der Waals surface area contributed by atoms with Crippen molar-refractivity contribution < 1.29 is 12.8 Å². The molecule has 24 heavy (non-hydrogen) atoms. The van der Waals surface area contributed by atoms with Gasteiger partial charge in [0.15, 0.2) is 0 Å². The summed E-state index contributed by atoms with van der Waals surface area (Å²) in [7, 11) is -3.82. The molecule has 0 aliphatic carbocycles. The maximum atomic E-state index is 13.7. The summed E-state index contributed by atoms with van der Waals surface area (Å²) >= 11 is 5.95. The summed E-state index contributed by atoms with van der Waals surface area (Å²) in [5.41, 5.74) is 1.62. The normalized spacial score (nSPS) is 14.9. The van der Waals surface area contributed by atoms with Crippen molar-refractivity contribution in [2.75, 3.05) is 22.7 Å². The third-order valence-electron chi connectivity index (χ3n) is 4.09. The summed E-state index contributed by atoms with van der Waals surface area (Å²) in [4.78, 5) is 2.16. The van der Waals surface area contributed by atoms with Crippen molar-refractivity contribution >= 4 is 33.0 Å². The molecule has 0 aromatic heterocycles. The van der Waals surface area contributed by atoms with Crippen molar-refractivity contribution in [2.45, 2.75) is 24.7 Å². The molecule has 0 bridgehead atoms. The van der Waals surface area contributed by atoms with Gasteiger partial charge in [0.25, 0.3) is 10.0 Å². The van der Waals surface area contributed by atoms with Crippen LogP contribution in [0.5, 0.6) is 0 Å². The van der Waals surface area contributed by atoms with Gasteiger partial charge in [0.2, 0.25) is 0 Å². The van der Waals surface area contributed by atoms with Crippen molar-refractivity contribution in [2.24, 2.45) is 0 Å². The first-order valence-corrected chi connectivity index (χ1v) is 9.56. The van der Waals surface area contributed by atoms with Crippen LogP contribution in [-0.4, -0.2) is 21.5 Å². The molecule has 1 heterocycles. The molecule has 2 aromatic carbocycles. The highest BCUT2D eigenvalue weighted by atomic mass is 35.5. The van der Waals surface area contributed by atoms with Crippen LogP contribution < -0.4 is 9.62 Å². The molecule has 0 spiro atoms. The van der Waals surface area contributed by atoms with E-state index in [-0.39, 0.29) is 10.6 Å². The lowest BCUT2D eigenvalue weighted by Crippen LogP contribution is -2.21. The summed E-state index contributed by atoms with van der Waals surface area (Å²) in [6.07, 6.45) is 2.08. The summed E-state index contributed by atoms with van der Waals surface area (Å²) in [6.45, 7) is 3.40. The number of hydrogen-bond donors (Lipinski definition) is 1. The molecule has 0 unspecified atom stereocenters. The summed E-state index contributed by atoms with van der Waals surface area (Å²) in [5, 5.41) is 0.498. The average molecular weight is 369 g/mol. The average Bonchev–Trinajstić information content (AvgIpc) is 3.03. The molecule has 3 rings (SSSR count). The van der Waals surface area contributed by atoms with Gasteiger partial charge in [-0.1, -0.05) is 11.6 Å². The maximum absolute atomic E-state index is 13.7. The topological polar surface area (TPSA) is 49.4 Å². The van der Waals surface area contributed by atoms with Gasteiger partial charge in [-0.3, -0.25) is 4.72 Å². The first-order valence-electron chi connectivity index (χ1n) is 7.70. The van der Waals surface area contributed by atoms with E-state index >= 15 is 0 Å². The van der Waals surface area contributed by atoms with Gasteiger partial charge in [-0.2, -0.15) is 0 Å². The van der Waals surface area contributed by atoms with Crippen LogP contribution in [0.2, 0.25) is 5.02 Å². The second kappa shape index (κ2) is 6.61. The summed E-state index contributed by atoms with van der Waals surface area (Å²) in [5.74, 6) is -0.483. The number of halogens is 2. The van der Waals surface area contributed by atoms with E-state index in [9.17, 15) is 12.8 Å². The molecular weight excluding hydrogens is 351 g/mol. The van der Waals surface area contributed by atoms with E-state index in [2.05, 4.69) is 9.62 Å². The molecular formula is C17H18ClFN2O2S. The van der Waals surface area contributed by atoms with Crippen LogP contribution in [0, 0.1) is 12.7 Å². The van der Waals surface area contributed by atoms with Crippen molar-refractivity contribution in [3.05, 3.63) is 52.8 Å². The van der Waals surface area contributed by atoms with E-state index in [1.54, 1.807) is 19.1 Å². The Morgan fingerprint density at radius 3 is 2.50 bits per heavy atom. The molecule has 2 aromatic rings. The van der Waals surface area contributed by atoms with Crippen LogP contribution in [0.3, 0.4) is 0 Å². The maximum Gasteiger partial charge on any atom is 0.261 e. The predicted molar refractivity (Wildman–Crippen MR) is 94.8 cm³/mol. The number of nitrogens with zero attached hydrogens (tertiary/aromatic N) is 1. The van der Waals surface area contributed by atoms with Crippen LogP contribution in [0.15, 0.2) is 41.3 Å². The van der Waals surface area contributed by atoms with E-state index in [0.717, 1.165) is 25.9 Å². The minimum Gasteiger partial charge on any atom is -0.370 e. The van der Waals surface area contributed by atoms with Gasteiger partial charge in [0, 0.05) is 24.2 Å². The molecule has 0 radical (unpaired) electrons. The summed E-state index contributed by atoms with van der Waals surface area (Å²) < 4.78 is 41.5. The Bertz CT molecular complexity index is 865. The van der Waals surface area contributed by atoms with E-state index in [1.807, 2.05) is 0 Å². The molecule has 1 aliphatic heterocycles. The van der Waals surface area contributed by atoms with Crippen molar-refractivity contribution in [3.63, 3.8) is 0 Å². The third kappa shape index (κ3) is 3.49. The monoisotopic (exact) mass is 368 g/mol. The molecule has 0 atom stereocenters. The lowest BCUT2D eigenvalue weighted by Gasteiger charge is -2.22. The molecule has 7 heteroatoms. The first kappa shape index (κ1) is 17.0. The minimum atomic E-state index is -3.82. The van der Waals surface area contributed by atoms with Crippen LogP contribution >= 0.6 is 11.6 Å². The Balaban J connectivity index is 1.97. The van der Waals surface area contributed by atoms with Crippen LogP contribution in [0.1, 0.15) is 18.4 Å². The van der Waals surface area contributed by atoms with Crippen molar-refractivity contribution in [3.8, 4) is 0 Å². The van der Waals surface area contributed by atoms with Gasteiger partial charge < -0.3 is 4.90 Å². The molecule has 0 saturated carbocycles. The summed E-state index contributed by atoms with van der Waals surface area (Å²) in [6, 6.07) is 8.65. The van der Waals surface area contributed by atoms with E-state index in [4.69, 9.17) is 11.6 Å². The second-order valence-electron chi connectivity index (χ2n) is 5.87. The Morgan fingerprint density at radius 2 is 1.83 bits per heavy atom. The number of rotatable bonds is 4. The fraction of sp³-hybridized carbons (Fsp3) is 0.294. The molecule has 1 fully saturated rings. The number of hydrogen-bond acceptors (Lipinski definition) is 3. The standard InChI is InChI=1S/C17H18ClFN2O2S/c1-12-10-14(5-6-15(12)18)24(22,23)20-16-11-13(19)4-7-17(16)21-8-2-3-9-21/h4-7,10-11,20H,2-3,8-9H2,1H3. The van der Waals surface area contributed by atoms with Crippen LogP contribution in [0.4, 0.5) is 15.8 Å². The van der Waals surface area contributed by atoms with Gasteiger partial charge >= 0.3 is 0 Å². The molecule has 1 N–H and O–H groups in total. The largest absolute Gasteiger partial charge is 0.370 e. The van der Waals surface area contributed by atoms with Crippen LogP contribution in [-0.2, 0) is 10.0 Å². The van der Waals surface area contributed by atoms with E-state index in [1.165, 1.54) is 24.3 Å². The zero-order valence-corrected chi connectivity index (χ0v) is 14.8. The second-order valence-corrected chi connectivity index (χ2v) is 7.96. The zero-order valence-electron chi connectivity index (χ0n) is 13.2. The molecule has 1 aliphatic rings. The van der Waals surface area contributed by atoms with Crippen molar-refractivity contribution in [1.82, 2.24) is 0 Å². The molecule has 1 saturated heterocycles. The van der Waals surface area contributed by atoms with Crippen molar-refractivity contribution in [1.29, 1.82) is 0 Å². The highest BCUT2D eigenvalue weighted by molar-refractivity contribution is 7.92. The number of nitrogens with one attached hydrogen (secondary N) is 1. The lowest BCUT2D eigenvalue weighted by molar-refractivity contribution is 0.601. The Hall–Kier alpha value is -1.79. The highest BCUT2D eigenvalue weighted by Gasteiger charge is 2.21. The third-order valence-corrected chi connectivity index (χ3v) is 5.88. The highest BCUT2D eigenvalue weighted by Crippen LogP contribution is 2.31. The SMILES string of the molecule is Cc1cc(S(=O)(=O)Nc2cc(F)ccc2N2CCCC2)ccc1Cl. The number of benzene rings is 2. The van der Waals surface area contributed by atoms with E-state index < -0.39 is 15.8 Å². The Kier molecular flexibility index (Phi) is 4.69. The smallest absolute Gasteiger partial charge is 0.261 e. The number of anilines is 2. The number of sulfonamides is 1. The molecule has 128 valence electrons. The molecule has 0 amide bonds. The van der Waals surface area contributed by atoms with Gasteiger partial charge in [-0.25, -0.2) is 12.8 Å². The van der Waals surface area contributed by atoms with E-state index in [0.29, 0.717) is 16.3 Å². The van der Waals surface area contributed by atoms with Gasteiger partial charge in [0.1, 0.15) is 5.82 Å². The zero-order chi connectivity index (χ0) is 17.3. The fourth-order valence-electron chi connectivity index (χ4n) is 2.81. The van der Waals surface area contributed by atoms with Crippen LogP contribution in [0.25, 0.3) is 0 Å². The fourth-order valence-corrected chi connectivity index (χ4v) is 4.08. The first-order chi connectivity index (χ1) is 11.4. The lowest BCUT2D eigenvalue weighted by atomic mass is 10.2. The quantitative estimate of drug-likeness (QED) is 0.880. The van der Waals surface area contributed by atoms with Gasteiger partial charge in [-0.05, 0) is 55.7 Å². The molecule has 4 nitrogen and oxygen atoms in total. The van der Waals surface area contributed by atoms with Gasteiger partial charge in [-0.15, -0.1) is 0 Å². The van der Waals surface area contributed by atoms with Gasteiger partial charge in [0.05, 0.1) is 16.3 Å². The minimum absolute atomic E-state index is 0.0982. The Morgan fingerprint density at radius 1 is 1.12 bits per heavy atom. The predicted octanol–water partition coefficient (Wildman–Crippen LogP) is 4.19.